The lowest BCUT2D eigenvalue weighted by molar-refractivity contribution is -0.140. The largest absolute Gasteiger partial charge is 0.494 e. The molecule has 6 rings (SSSR count). The Bertz CT molecular complexity index is 1210. The average Bonchev–Trinajstić information content (AvgIpc) is 3.54. The summed E-state index contributed by atoms with van der Waals surface area (Å²) in [6.07, 6.45) is 6.43. The second-order valence-corrected chi connectivity index (χ2v) is 11.0. The van der Waals surface area contributed by atoms with Crippen LogP contribution in [0.2, 0.25) is 0 Å². The van der Waals surface area contributed by atoms with Gasteiger partial charge in [-0.1, -0.05) is 17.3 Å². The molecule has 3 aliphatic rings. The molecule has 2 amide bonds. The maximum absolute atomic E-state index is 13.6. The molecule has 1 N–H and O–H groups in total. The molecule has 1 aromatic carbocycles. The molecule has 196 valence electrons. The first-order chi connectivity index (χ1) is 18.0. The topological polar surface area (TPSA) is 102 Å². The molecule has 1 fully saturated rings. The second-order valence-electron chi connectivity index (χ2n) is 10.0. The van der Waals surface area contributed by atoms with Gasteiger partial charge in [0.05, 0.1) is 28.9 Å². The lowest BCUT2D eigenvalue weighted by atomic mass is 9.74. The minimum absolute atomic E-state index is 0.0405. The van der Waals surface area contributed by atoms with Crippen LogP contribution in [-0.2, 0) is 35.4 Å². The summed E-state index contributed by atoms with van der Waals surface area (Å²) in [5.41, 5.74) is 4.20. The highest BCUT2D eigenvalue weighted by Crippen LogP contribution is 2.35. The number of fused-ring (bicyclic) bond motifs is 8. The van der Waals surface area contributed by atoms with Gasteiger partial charge in [-0.05, 0) is 50.3 Å². The van der Waals surface area contributed by atoms with Gasteiger partial charge in [0.1, 0.15) is 5.75 Å². The van der Waals surface area contributed by atoms with Gasteiger partial charge >= 0.3 is 0 Å². The molecule has 10 heteroatoms. The maximum atomic E-state index is 13.6. The third-order valence-electron chi connectivity index (χ3n) is 7.49. The SMILES string of the molecule is Cc1ncsc1CCC(=O)N1CCC2(CC1)Cc1cn(nn1)CCCOc1ccc(cc1)CCNC2=O. The van der Waals surface area contributed by atoms with Crippen LogP contribution in [0.25, 0.3) is 0 Å². The highest BCUT2D eigenvalue weighted by atomic mass is 32.1. The molecule has 3 aromatic rings. The Hall–Kier alpha value is -3.27. The van der Waals surface area contributed by atoms with Crippen LogP contribution in [0.15, 0.2) is 36.0 Å². The van der Waals surface area contributed by atoms with Crippen molar-refractivity contribution in [2.75, 3.05) is 26.2 Å². The molecule has 9 nitrogen and oxygen atoms in total. The van der Waals surface area contributed by atoms with Gasteiger partial charge in [-0.25, -0.2) is 4.98 Å². The average molecular weight is 523 g/mol. The van der Waals surface area contributed by atoms with Gasteiger partial charge in [0.15, 0.2) is 0 Å². The van der Waals surface area contributed by atoms with E-state index in [2.05, 4.69) is 32.7 Å². The van der Waals surface area contributed by atoms with Crippen LogP contribution < -0.4 is 10.1 Å². The van der Waals surface area contributed by atoms with E-state index in [4.69, 9.17) is 4.74 Å². The Morgan fingerprint density at radius 3 is 2.76 bits per heavy atom. The third kappa shape index (κ3) is 6.18. The van der Waals surface area contributed by atoms with E-state index in [1.807, 2.05) is 40.3 Å². The first-order valence-electron chi connectivity index (χ1n) is 13.1. The van der Waals surface area contributed by atoms with E-state index in [0.717, 1.165) is 35.5 Å². The molecule has 0 unspecified atom stereocenters. The first-order valence-corrected chi connectivity index (χ1v) is 13.9. The number of hydrogen-bond donors (Lipinski definition) is 1. The number of amides is 2. The zero-order valence-corrected chi connectivity index (χ0v) is 22.1. The van der Waals surface area contributed by atoms with Gasteiger partial charge in [0.2, 0.25) is 11.8 Å². The zero-order valence-electron chi connectivity index (χ0n) is 21.3. The number of ether oxygens (including phenoxy) is 1. The molecule has 4 bridgehead atoms. The summed E-state index contributed by atoms with van der Waals surface area (Å²) in [7, 11) is 0. The van der Waals surface area contributed by atoms with Gasteiger partial charge in [0, 0.05) is 56.5 Å². The molecule has 1 saturated heterocycles. The Balaban J connectivity index is 1.27. The number of nitrogens with one attached hydrogen (secondary N) is 1. The minimum atomic E-state index is -0.604. The van der Waals surface area contributed by atoms with Crippen LogP contribution in [0.1, 0.15) is 47.5 Å². The van der Waals surface area contributed by atoms with Crippen molar-refractivity contribution in [3.8, 4) is 5.75 Å². The van der Waals surface area contributed by atoms with Crippen molar-refractivity contribution in [2.24, 2.45) is 5.41 Å². The molecule has 0 atom stereocenters. The van der Waals surface area contributed by atoms with Crippen LogP contribution in [0.4, 0.5) is 0 Å². The molecule has 37 heavy (non-hydrogen) atoms. The van der Waals surface area contributed by atoms with Crippen molar-refractivity contribution >= 4 is 23.2 Å². The summed E-state index contributed by atoms with van der Waals surface area (Å²) in [6, 6.07) is 8.06. The third-order valence-corrected chi connectivity index (χ3v) is 8.49. The number of carbonyl (C=O) groups excluding carboxylic acids is 2. The predicted octanol–water partition coefficient (Wildman–Crippen LogP) is 2.97. The molecular formula is C27H34N6O3S. The minimum Gasteiger partial charge on any atom is -0.494 e. The fraction of sp³-hybridized carbons (Fsp3) is 0.519. The van der Waals surface area contributed by atoms with E-state index >= 15 is 0 Å². The van der Waals surface area contributed by atoms with Gasteiger partial charge < -0.3 is 15.0 Å². The van der Waals surface area contributed by atoms with Crippen molar-refractivity contribution in [3.05, 3.63) is 57.8 Å². The van der Waals surface area contributed by atoms with E-state index in [1.165, 1.54) is 4.88 Å². The number of aryl methyl sites for hydroxylation is 3. The fourth-order valence-corrected chi connectivity index (χ4v) is 5.95. The Labute approximate surface area is 221 Å². The summed E-state index contributed by atoms with van der Waals surface area (Å²) in [5.74, 6) is 1.03. The number of rotatable bonds is 3. The maximum Gasteiger partial charge on any atom is 0.226 e. The van der Waals surface area contributed by atoms with Crippen LogP contribution >= 0.6 is 11.3 Å². The summed E-state index contributed by atoms with van der Waals surface area (Å²) in [5, 5.41) is 11.8. The normalized spacial score (nSPS) is 18.3. The van der Waals surface area contributed by atoms with Crippen LogP contribution in [-0.4, -0.2) is 62.9 Å². The van der Waals surface area contributed by atoms with E-state index < -0.39 is 5.41 Å². The summed E-state index contributed by atoms with van der Waals surface area (Å²) < 4.78 is 7.67. The summed E-state index contributed by atoms with van der Waals surface area (Å²) in [6.45, 7) is 4.99. The smallest absolute Gasteiger partial charge is 0.226 e. The molecular weight excluding hydrogens is 488 g/mol. The number of likely N-dealkylation sites (tertiary alicyclic amines) is 1. The Kier molecular flexibility index (Phi) is 7.83. The van der Waals surface area contributed by atoms with Gasteiger partial charge in [-0.3, -0.25) is 14.3 Å². The van der Waals surface area contributed by atoms with Crippen molar-refractivity contribution in [1.82, 2.24) is 30.2 Å². The number of piperidine rings is 1. The van der Waals surface area contributed by atoms with Crippen molar-refractivity contribution in [1.29, 1.82) is 0 Å². The van der Waals surface area contributed by atoms with Crippen molar-refractivity contribution in [2.45, 2.75) is 58.4 Å². The summed E-state index contributed by atoms with van der Waals surface area (Å²) in [4.78, 5) is 33.9. The van der Waals surface area contributed by atoms with Gasteiger partial charge in [-0.2, -0.15) is 0 Å². The fourth-order valence-electron chi connectivity index (χ4n) is 5.17. The van der Waals surface area contributed by atoms with Gasteiger partial charge in [0.25, 0.3) is 0 Å². The quantitative estimate of drug-likeness (QED) is 0.568. The van der Waals surface area contributed by atoms with Crippen LogP contribution in [0.3, 0.4) is 0 Å². The number of carbonyl (C=O) groups is 2. The van der Waals surface area contributed by atoms with Crippen molar-refractivity contribution < 1.29 is 14.3 Å². The monoisotopic (exact) mass is 522 g/mol. The summed E-state index contributed by atoms with van der Waals surface area (Å²) >= 11 is 1.60. The second kappa shape index (κ2) is 11.4. The molecule has 5 heterocycles. The van der Waals surface area contributed by atoms with E-state index in [9.17, 15) is 9.59 Å². The van der Waals surface area contributed by atoms with E-state index in [0.29, 0.717) is 64.9 Å². The molecule has 0 saturated carbocycles. The van der Waals surface area contributed by atoms with E-state index in [1.54, 1.807) is 11.3 Å². The Morgan fingerprint density at radius 1 is 1.19 bits per heavy atom. The molecule has 3 aliphatic heterocycles. The Morgan fingerprint density at radius 2 is 2.00 bits per heavy atom. The number of aromatic nitrogens is 4. The number of benzene rings is 1. The first kappa shape index (κ1) is 25.4. The zero-order chi connectivity index (χ0) is 25.7. The lowest BCUT2D eigenvalue weighted by Crippen LogP contribution is -2.51. The highest BCUT2D eigenvalue weighted by Gasteiger charge is 2.42. The number of nitrogens with zero attached hydrogens (tertiary/aromatic N) is 5. The van der Waals surface area contributed by atoms with Crippen LogP contribution in [0.5, 0.6) is 5.75 Å². The molecule has 1 spiro atoms. The van der Waals surface area contributed by atoms with E-state index in [-0.39, 0.29) is 11.8 Å². The predicted molar refractivity (Wildman–Crippen MR) is 140 cm³/mol. The number of hydrogen-bond acceptors (Lipinski definition) is 7. The number of thiazole rings is 1. The lowest BCUT2D eigenvalue weighted by Gasteiger charge is -2.40. The van der Waals surface area contributed by atoms with Crippen LogP contribution in [0, 0.1) is 12.3 Å². The van der Waals surface area contributed by atoms with Crippen molar-refractivity contribution in [3.63, 3.8) is 0 Å². The highest BCUT2D eigenvalue weighted by molar-refractivity contribution is 7.09. The molecule has 0 radical (unpaired) electrons. The molecule has 0 aliphatic carbocycles. The molecule has 2 aromatic heterocycles. The standard InChI is InChI=1S/C27H34N6O3S/c1-20-24(37-19-29-20)7-8-25(34)32-14-10-27(11-15-32)17-22-18-33(31-30-22)13-2-16-36-23-5-3-21(4-6-23)9-12-28-26(27)35/h3-6,18-19H,2,7-17H2,1H3,(H,28,35). The van der Waals surface area contributed by atoms with Gasteiger partial charge in [-0.15, -0.1) is 16.4 Å².